The molecule has 1 aromatic heterocycles. The standard InChI is InChI=1S/C20H29N5O2S.HI/c1-7-27-19(26)17-13(2)23-18(28-17)14(3)24-20(21-4)22-12-15-9-8-10-16(11-15)25(5)6;/h8-11,14H,7,12H2,1-6H3,(H2,21,22,24);1H. The minimum atomic E-state index is -0.320. The molecule has 0 radical (unpaired) electrons. The van der Waals surface area contributed by atoms with Gasteiger partial charge in [-0.05, 0) is 38.5 Å². The Hall–Kier alpha value is -1.88. The second-order valence-corrected chi connectivity index (χ2v) is 7.57. The van der Waals surface area contributed by atoms with E-state index in [9.17, 15) is 4.79 Å². The van der Waals surface area contributed by atoms with Gasteiger partial charge in [-0.25, -0.2) is 9.78 Å². The molecule has 1 aromatic carbocycles. The molecule has 0 fully saturated rings. The number of guanidine groups is 1. The van der Waals surface area contributed by atoms with Gasteiger partial charge in [0.25, 0.3) is 0 Å². The lowest BCUT2D eigenvalue weighted by atomic mass is 10.2. The second-order valence-electron chi connectivity index (χ2n) is 6.54. The van der Waals surface area contributed by atoms with Crippen molar-refractivity contribution in [2.75, 3.05) is 32.6 Å². The third-order valence-electron chi connectivity index (χ3n) is 4.11. The molecule has 2 N–H and O–H groups in total. The maximum absolute atomic E-state index is 12.0. The predicted molar refractivity (Wildman–Crippen MR) is 131 cm³/mol. The van der Waals surface area contributed by atoms with Crippen molar-refractivity contribution in [2.24, 2.45) is 4.99 Å². The number of hydrogen-bond donors (Lipinski definition) is 2. The molecule has 7 nitrogen and oxygen atoms in total. The molecule has 0 spiro atoms. The second kappa shape index (κ2) is 12.0. The number of esters is 1. The number of nitrogens with zero attached hydrogens (tertiary/aromatic N) is 3. The Morgan fingerprint density at radius 3 is 2.72 bits per heavy atom. The highest BCUT2D eigenvalue weighted by molar-refractivity contribution is 14.0. The molecule has 1 heterocycles. The predicted octanol–water partition coefficient (Wildman–Crippen LogP) is 3.74. The lowest BCUT2D eigenvalue weighted by Crippen LogP contribution is -2.38. The van der Waals surface area contributed by atoms with Crippen LogP contribution in [-0.2, 0) is 11.3 Å². The number of aliphatic imine (C=N–C) groups is 1. The summed E-state index contributed by atoms with van der Waals surface area (Å²) in [5.74, 6) is 0.354. The maximum atomic E-state index is 12.0. The highest BCUT2D eigenvalue weighted by Gasteiger charge is 2.20. The number of carbonyl (C=O) groups is 1. The number of nitrogens with one attached hydrogen (secondary N) is 2. The van der Waals surface area contributed by atoms with Crippen LogP contribution in [-0.4, -0.2) is 44.7 Å². The molecule has 9 heteroatoms. The van der Waals surface area contributed by atoms with Gasteiger partial charge in [0.1, 0.15) is 9.88 Å². The molecule has 2 aromatic rings. The van der Waals surface area contributed by atoms with E-state index in [1.165, 1.54) is 11.3 Å². The minimum Gasteiger partial charge on any atom is -0.462 e. The van der Waals surface area contributed by atoms with Crippen LogP contribution < -0.4 is 15.5 Å². The average molecular weight is 531 g/mol. The van der Waals surface area contributed by atoms with Gasteiger partial charge in [0.15, 0.2) is 5.96 Å². The Balaban J connectivity index is 0.00000420. The van der Waals surface area contributed by atoms with Crippen molar-refractivity contribution in [3.63, 3.8) is 0 Å². The van der Waals surface area contributed by atoms with E-state index in [2.05, 4.69) is 43.7 Å². The first-order valence-corrected chi connectivity index (χ1v) is 10.0. The number of halogens is 1. The van der Waals surface area contributed by atoms with Crippen LogP contribution in [0.5, 0.6) is 0 Å². The Morgan fingerprint density at radius 1 is 1.38 bits per heavy atom. The summed E-state index contributed by atoms with van der Waals surface area (Å²) in [4.78, 5) is 23.4. The smallest absolute Gasteiger partial charge is 0.350 e. The van der Waals surface area contributed by atoms with Crippen LogP contribution >= 0.6 is 35.3 Å². The van der Waals surface area contributed by atoms with E-state index < -0.39 is 0 Å². The number of hydrogen-bond acceptors (Lipinski definition) is 6. The third-order valence-corrected chi connectivity index (χ3v) is 5.43. The van der Waals surface area contributed by atoms with E-state index in [0.29, 0.717) is 29.7 Å². The number of ether oxygens (including phenoxy) is 1. The van der Waals surface area contributed by atoms with Crippen LogP contribution in [0.1, 0.15) is 45.8 Å². The fraction of sp³-hybridized carbons (Fsp3) is 0.450. The zero-order chi connectivity index (χ0) is 20.7. The summed E-state index contributed by atoms with van der Waals surface area (Å²) in [7, 11) is 5.78. The molecule has 0 bridgehead atoms. The molecule has 0 aliphatic carbocycles. The number of benzene rings is 1. The Labute approximate surface area is 194 Å². The molecule has 0 aliphatic heterocycles. The Bertz CT molecular complexity index is 838. The van der Waals surface area contributed by atoms with Gasteiger partial charge in [-0.1, -0.05) is 12.1 Å². The summed E-state index contributed by atoms with van der Waals surface area (Å²) in [5.41, 5.74) is 3.01. The molecule has 1 unspecified atom stereocenters. The van der Waals surface area contributed by atoms with E-state index >= 15 is 0 Å². The summed E-state index contributed by atoms with van der Waals surface area (Å²) < 4.78 is 5.09. The molecule has 29 heavy (non-hydrogen) atoms. The van der Waals surface area contributed by atoms with Gasteiger partial charge < -0.3 is 20.3 Å². The molecule has 1 atom stereocenters. The number of carbonyl (C=O) groups excluding carboxylic acids is 1. The van der Waals surface area contributed by atoms with E-state index in [1.54, 1.807) is 14.0 Å². The highest BCUT2D eigenvalue weighted by Crippen LogP contribution is 2.24. The van der Waals surface area contributed by atoms with Crippen molar-refractivity contribution in [1.82, 2.24) is 15.6 Å². The third kappa shape index (κ3) is 7.14. The lowest BCUT2D eigenvalue weighted by molar-refractivity contribution is 0.0531. The number of rotatable bonds is 7. The Kier molecular flexibility index (Phi) is 10.4. The maximum Gasteiger partial charge on any atom is 0.350 e. The lowest BCUT2D eigenvalue weighted by Gasteiger charge is -2.17. The van der Waals surface area contributed by atoms with Crippen LogP contribution in [0.2, 0.25) is 0 Å². The van der Waals surface area contributed by atoms with Gasteiger partial charge in [-0.15, -0.1) is 35.3 Å². The van der Waals surface area contributed by atoms with Crippen LogP contribution in [0.4, 0.5) is 5.69 Å². The molecule has 2 rings (SSSR count). The van der Waals surface area contributed by atoms with Gasteiger partial charge >= 0.3 is 5.97 Å². The SMILES string of the molecule is CCOC(=O)c1sc(C(C)NC(=NC)NCc2cccc(N(C)C)c2)nc1C.I. The van der Waals surface area contributed by atoms with Crippen LogP contribution in [0.25, 0.3) is 0 Å². The fourth-order valence-corrected chi connectivity index (χ4v) is 3.54. The van der Waals surface area contributed by atoms with Gasteiger partial charge in [-0.3, -0.25) is 4.99 Å². The largest absolute Gasteiger partial charge is 0.462 e. The monoisotopic (exact) mass is 531 g/mol. The van der Waals surface area contributed by atoms with Crippen molar-refractivity contribution in [3.05, 3.63) is 45.4 Å². The summed E-state index contributed by atoms with van der Waals surface area (Å²) in [6.07, 6.45) is 0. The van der Waals surface area contributed by atoms with Gasteiger partial charge in [0.05, 0.1) is 18.3 Å². The molecule has 0 saturated heterocycles. The first kappa shape index (κ1) is 25.2. The average Bonchev–Trinajstić information content (AvgIpc) is 3.07. The van der Waals surface area contributed by atoms with Crippen molar-refractivity contribution >= 4 is 52.9 Å². The van der Waals surface area contributed by atoms with Gasteiger partial charge in [-0.2, -0.15) is 0 Å². The van der Waals surface area contributed by atoms with E-state index in [-0.39, 0.29) is 36.0 Å². The topological polar surface area (TPSA) is 78.8 Å². The first-order valence-electron chi connectivity index (χ1n) is 9.23. The Morgan fingerprint density at radius 2 is 2.10 bits per heavy atom. The molecule has 0 amide bonds. The van der Waals surface area contributed by atoms with Crippen molar-refractivity contribution < 1.29 is 9.53 Å². The molecule has 0 aliphatic rings. The van der Waals surface area contributed by atoms with Gasteiger partial charge in [0.2, 0.25) is 0 Å². The first-order chi connectivity index (χ1) is 13.3. The van der Waals surface area contributed by atoms with Crippen molar-refractivity contribution in [2.45, 2.75) is 33.4 Å². The van der Waals surface area contributed by atoms with E-state index in [4.69, 9.17) is 4.74 Å². The zero-order valence-electron chi connectivity index (χ0n) is 17.8. The van der Waals surface area contributed by atoms with E-state index in [0.717, 1.165) is 16.3 Å². The molecule has 0 saturated carbocycles. The van der Waals surface area contributed by atoms with Crippen LogP contribution in [0.3, 0.4) is 0 Å². The quantitative estimate of drug-likeness (QED) is 0.245. The normalized spacial score (nSPS) is 12.0. The number of anilines is 1. The molecular formula is C20H30IN5O2S. The van der Waals surface area contributed by atoms with Crippen molar-refractivity contribution in [3.8, 4) is 0 Å². The summed E-state index contributed by atoms with van der Waals surface area (Å²) in [5, 5.41) is 7.47. The van der Waals surface area contributed by atoms with Crippen LogP contribution in [0, 0.1) is 6.92 Å². The summed E-state index contributed by atoms with van der Waals surface area (Å²) in [6.45, 7) is 6.61. The number of aryl methyl sites for hydroxylation is 1. The fourth-order valence-electron chi connectivity index (χ4n) is 2.58. The molecule has 160 valence electrons. The highest BCUT2D eigenvalue weighted by atomic mass is 127. The van der Waals surface area contributed by atoms with Crippen LogP contribution in [0.15, 0.2) is 29.3 Å². The van der Waals surface area contributed by atoms with E-state index in [1.807, 2.05) is 34.0 Å². The minimum absolute atomic E-state index is 0. The zero-order valence-corrected chi connectivity index (χ0v) is 20.9. The number of aromatic nitrogens is 1. The summed E-state index contributed by atoms with van der Waals surface area (Å²) >= 11 is 1.35. The molecular weight excluding hydrogens is 501 g/mol. The summed E-state index contributed by atoms with van der Waals surface area (Å²) in [6, 6.07) is 8.24. The number of thiazole rings is 1. The van der Waals surface area contributed by atoms with Crippen molar-refractivity contribution in [1.29, 1.82) is 0 Å². The van der Waals surface area contributed by atoms with Gasteiger partial charge in [0, 0.05) is 33.4 Å².